The summed E-state index contributed by atoms with van der Waals surface area (Å²) in [6, 6.07) is 0. The molecule has 8 heteroatoms. The summed E-state index contributed by atoms with van der Waals surface area (Å²) in [4.78, 5) is 23.2. The molecule has 23 heavy (non-hydrogen) atoms. The predicted molar refractivity (Wildman–Crippen MR) is 83.3 cm³/mol. The summed E-state index contributed by atoms with van der Waals surface area (Å²) >= 11 is 0. The van der Waals surface area contributed by atoms with Gasteiger partial charge in [0, 0.05) is 0 Å². The number of carbonyl (C=O) groups is 2. The zero-order valence-electron chi connectivity index (χ0n) is 13.8. The van der Waals surface area contributed by atoms with Gasteiger partial charge >= 0.3 is 11.9 Å². The zero-order chi connectivity index (χ0) is 17.2. The van der Waals surface area contributed by atoms with Crippen molar-refractivity contribution in [2.75, 3.05) is 13.2 Å². The van der Waals surface area contributed by atoms with Crippen LogP contribution in [-0.2, 0) is 23.8 Å². The third kappa shape index (κ3) is 6.77. The van der Waals surface area contributed by atoms with Crippen molar-refractivity contribution in [2.24, 2.45) is 17.5 Å². The van der Waals surface area contributed by atoms with Gasteiger partial charge in [0.15, 0.2) is 5.70 Å². The summed E-state index contributed by atoms with van der Waals surface area (Å²) in [5.41, 5.74) is 7.85. The summed E-state index contributed by atoms with van der Waals surface area (Å²) in [5.74, 6) is 3.91. The smallest absolute Gasteiger partial charge is 0.361 e. The highest BCUT2D eigenvalue weighted by molar-refractivity contribution is 5.88. The van der Waals surface area contributed by atoms with Gasteiger partial charge < -0.3 is 25.4 Å². The van der Waals surface area contributed by atoms with E-state index >= 15 is 0 Å². The molecule has 0 heterocycles. The number of nitrogens with one attached hydrogen (secondary N) is 1. The van der Waals surface area contributed by atoms with Crippen molar-refractivity contribution in [2.45, 2.75) is 52.1 Å². The van der Waals surface area contributed by atoms with E-state index in [1.165, 1.54) is 6.42 Å². The summed E-state index contributed by atoms with van der Waals surface area (Å²) in [6.45, 7) is 3.33. The van der Waals surface area contributed by atoms with Gasteiger partial charge in [-0.2, -0.15) is 0 Å². The maximum Gasteiger partial charge on any atom is 0.361 e. The van der Waals surface area contributed by atoms with Crippen LogP contribution in [0.15, 0.2) is 11.6 Å². The van der Waals surface area contributed by atoms with Gasteiger partial charge in [-0.05, 0) is 25.7 Å². The number of ether oxygens (including phenoxy) is 3. The highest BCUT2D eigenvalue weighted by Crippen LogP contribution is 2.21. The second-order valence-electron chi connectivity index (χ2n) is 5.72. The first-order valence-electron chi connectivity index (χ1n) is 7.92. The van der Waals surface area contributed by atoms with Gasteiger partial charge in [0.2, 0.25) is 5.88 Å². The molecule has 1 fully saturated rings. The second kappa shape index (κ2) is 9.94. The largest absolute Gasteiger partial charge is 0.474 e. The van der Waals surface area contributed by atoms with E-state index in [9.17, 15) is 9.59 Å². The van der Waals surface area contributed by atoms with Gasteiger partial charge in [0.1, 0.15) is 19.3 Å². The molecule has 1 rings (SSSR count). The minimum atomic E-state index is -0.749. The van der Waals surface area contributed by atoms with Crippen molar-refractivity contribution in [3.63, 3.8) is 0 Å². The normalized spacial score (nSPS) is 16.5. The SMILES string of the molecule is CC(C)C(=O)OCCOC(=O)/C(NN)=C(/N)OC1CCCCC1. The van der Waals surface area contributed by atoms with Crippen LogP contribution in [0.3, 0.4) is 0 Å². The summed E-state index contributed by atoms with van der Waals surface area (Å²) in [6.07, 6.45) is 5.14. The maximum absolute atomic E-state index is 11.9. The minimum absolute atomic E-state index is 0.00750. The molecule has 0 spiro atoms. The molecule has 0 bridgehead atoms. The van der Waals surface area contributed by atoms with Crippen LogP contribution in [0.25, 0.3) is 0 Å². The van der Waals surface area contributed by atoms with E-state index in [0.717, 1.165) is 25.7 Å². The number of esters is 2. The second-order valence-corrected chi connectivity index (χ2v) is 5.72. The van der Waals surface area contributed by atoms with Crippen molar-refractivity contribution in [3.05, 3.63) is 11.6 Å². The Morgan fingerprint density at radius 2 is 1.74 bits per heavy atom. The van der Waals surface area contributed by atoms with E-state index in [0.29, 0.717) is 0 Å². The van der Waals surface area contributed by atoms with Crippen LogP contribution in [0.4, 0.5) is 0 Å². The Morgan fingerprint density at radius 1 is 1.13 bits per heavy atom. The van der Waals surface area contributed by atoms with E-state index in [1.807, 2.05) is 0 Å². The monoisotopic (exact) mass is 329 g/mol. The maximum atomic E-state index is 11.9. The first kappa shape index (κ1) is 19.1. The standard InChI is InChI=1S/C15H27N3O5/c1-10(2)14(19)21-8-9-22-15(20)12(18-17)13(16)23-11-6-4-3-5-7-11/h10-11,18H,3-9,16-17H2,1-2H3/b13-12+. The van der Waals surface area contributed by atoms with E-state index in [2.05, 4.69) is 5.43 Å². The number of hydrogen-bond donors (Lipinski definition) is 3. The molecule has 1 saturated carbocycles. The zero-order valence-corrected chi connectivity index (χ0v) is 13.8. The van der Waals surface area contributed by atoms with Gasteiger partial charge in [-0.15, -0.1) is 0 Å². The molecule has 0 unspecified atom stereocenters. The van der Waals surface area contributed by atoms with E-state index in [1.54, 1.807) is 13.8 Å². The topological polar surface area (TPSA) is 126 Å². The number of rotatable bonds is 8. The lowest BCUT2D eigenvalue weighted by atomic mass is 9.98. The lowest BCUT2D eigenvalue weighted by Crippen LogP contribution is -2.34. The van der Waals surface area contributed by atoms with Gasteiger partial charge in [0.05, 0.1) is 5.92 Å². The van der Waals surface area contributed by atoms with Crippen LogP contribution in [0.5, 0.6) is 0 Å². The molecule has 0 atom stereocenters. The summed E-state index contributed by atoms with van der Waals surface area (Å²) in [5, 5.41) is 0. The van der Waals surface area contributed by atoms with Crippen LogP contribution < -0.4 is 17.0 Å². The van der Waals surface area contributed by atoms with Crippen LogP contribution in [-0.4, -0.2) is 31.3 Å². The van der Waals surface area contributed by atoms with E-state index in [4.69, 9.17) is 25.8 Å². The van der Waals surface area contributed by atoms with Gasteiger partial charge in [-0.1, -0.05) is 20.3 Å². The molecule has 0 saturated heterocycles. The van der Waals surface area contributed by atoms with Gasteiger partial charge in [-0.25, -0.2) is 4.79 Å². The van der Waals surface area contributed by atoms with Gasteiger partial charge in [0.25, 0.3) is 0 Å². The average Bonchev–Trinajstić information content (AvgIpc) is 2.52. The number of hydrazine groups is 1. The Kier molecular flexibility index (Phi) is 8.25. The fourth-order valence-corrected chi connectivity index (χ4v) is 2.17. The summed E-state index contributed by atoms with van der Waals surface area (Å²) in [7, 11) is 0. The highest BCUT2D eigenvalue weighted by Gasteiger charge is 2.21. The third-order valence-corrected chi connectivity index (χ3v) is 3.47. The Morgan fingerprint density at radius 3 is 2.30 bits per heavy atom. The third-order valence-electron chi connectivity index (χ3n) is 3.47. The Bertz CT molecular complexity index is 431. The molecule has 0 aromatic rings. The fourth-order valence-electron chi connectivity index (χ4n) is 2.17. The molecule has 5 N–H and O–H groups in total. The van der Waals surface area contributed by atoms with Crippen LogP contribution in [0.1, 0.15) is 46.0 Å². The van der Waals surface area contributed by atoms with Crippen molar-refractivity contribution < 1.29 is 23.8 Å². The number of carbonyl (C=O) groups excluding carboxylic acids is 2. The van der Waals surface area contributed by atoms with Crippen LogP contribution >= 0.6 is 0 Å². The first-order chi connectivity index (χ1) is 11.0. The van der Waals surface area contributed by atoms with Crippen molar-refractivity contribution in [1.29, 1.82) is 0 Å². The van der Waals surface area contributed by atoms with Crippen molar-refractivity contribution in [3.8, 4) is 0 Å². The molecule has 8 nitrogen and oxygen atoms in total. The first-order valence-corrected chi connectivity index (χ1v) is 7.92. The van der Waals surface area contributed by atoms with E-state index < -0.39 is 5.97 Å². The van der Waals surface area contributed by atoms with Crippen LogP contribution in [0.2, 0.25) is 0 Å². The molecule has 0 aromatic carbocycles. The highest BCUT2D eigenvalue weighted by atomic mass is 16.6. The molecule has 0 radical (unpaired) electrons. The Hall–Kier alpha value is -1.96. The number of hydrogen-bond acceptors (Lipinski definition) is 8. The molecule has 0 amide bonds. The lowest BCUT2D eigenvalue weighted by molar-refractivity contribution is -0.153. The Balaban J connectivity index is 2.43. The van der Waals surface area contributed by atoms with E-state index in [-0.39, 0.29) is 42.8 Å². The number of nitrogens with two attached hydrogens (primary N) is 2. The quantitative estimate of drug-likeness (QED) is 0.148. The molecule has 0 aliphatic heterocycles. The molecule has 132 valence electrons. The van der Waals surface area contributed by atoms with Crippen molar-refractivity contribution >= 4 is 11.9 Å². The molecule has 1 aliphatic rings. The minimum Gasteiger partial charge on any atom is -0.474 e. The molecular formula is C15H27N3O5. The fraction of sp³-hybridized carbons (Fsp3) is 0.733. The summed E-state index contributed by atoms with van der Waals surface area (Å²) < 4.78 is 15.4. The van der Waals surface area contributed by atoms with Gasteiger partial charge in [-0.3, -0.25) is 10.6 Å². The lowest BCUT2D eigenvalue weighted by Gasteiger charge is -2.23. The van der Waals surface area contributed by atoms with Crippen molar-refractivity contribution in [1.82, 2.24) is 5.43 Å². The average molecular weight is 329 g/mol. The Labute approximate surface area is 136 Å². The molecular weight excluding hydrogens is 302 g/mol. The molecule has 0 aromatic heterocycles. The molecule has 1 aliphatic carbocycles. The van der Waals surface area contributed by atoms with Crippen LogP contribution in [0, 0.1) is 5.92 Å². The predicted octanol–water partition coefficient (Wildman–Crippen LogP) is 0.669.